The summed E-state index contributed by atoms with van der Waals surface area (Å²) in [4.78, 5) is 44.0. The number of nitrogens with one attached hydrogen (secondary N) is 1. The van der Waals surface area contributed by atoms with Gasteiger partial charge in [0.1, 0.15) is 17.9 Å². The van der Waals surface area contributed by atoms with Crippen LogP contribution in [0.25, 0.3) is 10.9 Å². The predicted molar refractivity (Wildman–Crippen MR) is 124 cm³/mol. The highest BCUT2D eigenvalue weighted by Crippen LogP contribution is 2.27. The van der Waals surface area contributed by atoms with Gasteiger partial charge in [-0.2, -0.15) is 18.3 Å². The molecule has 1 N–H and O–H groups in total. The van der Waals surface area contributed by atoms with E-state index in [1.165, 1.54) is 10.7 Å². The third-order valence-electron chi connectivity index (χ3n) is 5.97. The van der Waals surface area contributed by atoms with Crippen molar-refractivity contribution in [2.75, 3.05) is 39.8 Å². The molecule has 36 heavy (non-hydrogen) atoms. The maximum Gasteiger partial charge on any atom is 0.433 e. The minimum atomic E-state index is -4.62. The Morgan fingerprint density at radius 3 is 2.47 bits per heavy atom. The van der Waals surface area contributed by atoms with Gasteiger partial charge in [0.25, 0.3) is 0 Å². The van der Waals surface area contributed by atoms with E-state index in [0.29, 0.717) is 49.2 Å². The highest BCUT2D eigenvalue weighted by Gasteiger charge is 2.33. The fourth-order valence-corrected chi connectivity index (χ4v) is 4.02. The number of alkyl halides is 3. The first-order chi connectivity index (χ1) is 17.1. The van der Waals surface area contributed by atoms with Crippen molar-refractivity contribution in [3.8, 4) is 0 Å². The number of carbonyl (C=O) groups is 3. The molecular formula is C24H25F3N6O3. The Morgan fingerprint density at radius 1 is 1.03 bits per heavy atom. The van der Waals surface area contributed by atoms with Crippen molar-refractivity contribution >= 4 is 28.5 Å². The first-order valence-corrected chi connectivity index (χ1v) is 11.4. The largest absolute Gasteiger partial charge is 0.433 e. The molecule has 3 aromatic rings. The number of pyridine rings is 1. The Hall–Kier alpha value is -3.80. The van der Waals surface area contributed by atoms with Crippen LogP contribution in [0.2, 0.25) is 0 Å². The summed E-state index contributed by atoms with van der Waals surface area (Å²) in [6.45, 7) is 2.61. The van der Waals surface area contributed by atoms with Gasteiger partial charge in [0.05, 0.1) is 12.1 Å². The summed E-state index contributed by atoms with van der Waals surface area (Å²) in [7, 11) is 1.59. The molecule has 0 atom stereocenters. The van der Waals surface area contributed by atoms with Crippen molar-refractivity contribution in [2.24, 2.45) is 0 Å². The third-order valence-corrected chi connectivity index (χ3v) is 5.97. The fraction of sp³-hybridized carbons (Fsp3) is 0.375. The molecule has 190 valence electrons. The summed E-state index contributed by atoms with van der Waals surface area (Å²) in [6.07, 6.45) is -3.04. The molecule has 0 spiro atoms. The van der Waals surface area contributed by atoms with E-state index in [4.69, 9.17) is 0 Å². The van der Waals surface area contributed by atoms with E-state index >= 15 is 0 Å². The van der Waals surface area contributed by atoms with E-state index in [0.717, 1.165) is 12.1 Å². The number of fused-ring (bicyclic) bond motifs is 1. The molecule has 0 aliphatic carbocycles. The van der Waals surface area contributed by atoms with Gasteiger partial charge in [-0.15, -0.1) is 0 Å². The number of halogens is 3. The standard InChI is InChI=1S/C24H25F3N6O3/c1-28-22(35)14-31-7-9-32(10-8-31)23(36)15-33-13-17-11-16(5-6-18(17)30-33)12-20(34)19-3-2-4-21(29-19)24(25,26)27/h2-6,11,13H,7-10,12,14-15H2,1H3,(H,28,35). The highest BCUT2D eigenvalue weighted by atomic mass is 19.4. The average Bonchev–Trinajstić information content (AvgIpc) is 3.25. The van der Waals surface area contributed by atoms with Crippen LogP contribution in [-0.2, 0) is 28.7 Å². The lowest BCUT2D eigenvalue weighted by Crippen LogP contribution is -2.51. The molecule has 2 aromatic heterocycles. The summed E-state index contributed by atoms with van der Waals surface area (Å²) >= 11 is 0. The second-order valence-electron chi connectivity index (χ2n) is 8.56. The van der Waals surface area contributed by atoms with Crippen molar-refractivity contribution in [3.63, 3.8) is 0 Å². The minimum Gasteiger partial charge on any atom is -0.358 e. The molecule has 0 unspecified atom stereocenters. The van der Waals surface area contributed by atoms with Gasteiger partial charge in [0.15, 0.2) is 5.78 Å². The molecule has 3 heterocycles. The Kier molecular flexibility index (Phi) is 7.34. The number of piperazine rings is 1. The Labute approximate surface area is 204 Å². The first-order valence-electron chi connectivity index (χ1n) is 11.4. The summed E-state index contributed by atoms with van der Waals surface area (Å²) in [5.41, 5.74) is -0.124. The molecule has 2 amide bonds. The van der Waals surface area contributed by atoms with Crippen molar-refractivity contribution in [3.05, 3.63) is 59.5 Å². The van der Waals surface area contributed by atoms with Gasteiger partial charge < -0.3 is 10.2 Å². The van der Waals surface area contributed by atoms with E-state index in [1.807, 2.05) is 4.90 Å². The van der Waals surface area contributed by atoms with E-state index in [1.54, 1.807) is 36.3 Å². The highest BCUT2D eigenvalue weighted by molar-refractivity contribution is 5.96. The number of nitrogens with zero attached hydrogens (tertiary/aromatic N) is 5. The number of rotatable bonds is 7. The Bertz CT molecular complexity index is 1280. The SMILES string of the molecule is CNC(=O)CN1CCN(C(=O)Cn2cc3cc(CC(=O)c4cccc(C(F)(F)F)n4)ccc3n2)CC1. The van der Waals surface area contributed by atoms with Crippen LogP contribution >= 0.6 is 0 Å². The third kappa shape index (κ3) is 6.06. The van der Waals surface area contributed by atoms with Gasteiger partial charge >= 0.3 is 6.18 Å². The van der Waals surface area contributed by atoms with E-state index in [-0.39, 0.29) is 30.5 Å². The Balaban J connectivity index is 1.37. The van der Waals surface area contributed by atoms with Crippen LogP contribution in [0.15, 0.2) is 42.6 Å². The van der Waals surface area contributed by atoms with Crippen molar-refractivity contribution < 1.29 is 27.6 Å². The molecule has 1 aromatic carbocycles. The number of hydrogen-bond donors (Lipinski definition) is 1. The van der Waals surface area contributed by atoms with Crippen LogP contribution in [0.3, 0.4) is 0 Å². The van der Waals surface area contributed by atoms with Crippen LogP contribution < -0.4 is 5.32 Å². The van der Waals surface area contributed by atoms with Crippen molar-refractivity contribution in [1.29, 1.82) is 0 Å². The second kappa shape index (κ2) is 10.4. The molecule has 0 saturated carbocycles. The number of hydrogen-bond acceptors (Lipinski definition) is 6. The van der Waals surface area contributed by atoms with Crippen molar-refractivity contribution in [1.82, 2.24) is 29.9 Å². The van der Waals surface area contributed by atoms with Crippen LogP contribution in [0.1, 0.15) is 21.7 Å². The molecule has 0 bridgehead atoms. The minimum absolute atomic E-state index is 0.0482. The van der Waals surface area contributed by atoms with E-state index in [2.05, 4.69) is 15.4 Å². The summed E-state index contributed by atoms with van der Waals surface area (Å²) in [6, 6.07) is 8.36. The van der Waals surface area contributed by atoms with Crippen LogP contribution in [0.4, 0.5) is 13.2 Å². The molecular weight excluding hydrogens is 477 g/mol. The Morgan fingerprint density at radius 2 is 1.78 bits per heavy atom. The number of ketones is 1. The van der Waals surface area contributed by atoms with Gasteiger partial charge in [-0.25, -0.2) is 4.98 Å². The summed E-state index contributed by atoms with van der Waals surface area (Å²) in [5, 5.41) is 7.71. The lowest BCUT2D eigenvalue weighted by molar-refractivity contribution is -0.141. The van der Waals surface area contributed by atoms with Gasteiger partial charge in [-0.3, -0.25) is 24.0 Å². The van der Waals surface area contributed by atoms with Crippen LogP contribution in [0.5, 0.6) is 0 Å². The molecule has 1 saturated heterocycles. The van der Waals surface area contributed by atoms with Crippen LogP contribution in [0, 0.1) is 0 Å². The monoisotopic (exact) mass is 502 g/mol. The summed E-state index contributed by atoms with van der Waals surface area (Å²) < 4.78 is 40.2. The molecule has 4 rings (SSSR count). The zero-order chi connectivity index (χ0) is 25.9. The van der Waals surface area contributed by atoms with Gasteiger partial charge in [-0.05, 0) is 29.8 Å². The lowest BCUT2D eigenvalue weighted by Gasteiger charge is -2.34. The number of likely N-dealkylation sites (N-methyl/N-ethyl adjacent to an activating group) is 1. The molecule has 1 aliphatic heterocycles. The van der Waals surface area contributed by atoms with Gasteiger partial charge in [-0.1, -0.05) is 12.1 Å². The fourth-order valence-electron chi connectivity index (χ4n) is 4.02. The molecule has 1 fully saturated rings. The smallest absolute Gasteiger partial charge is 0.358 e. The number of Topliss-reactive ketones (excluding diaryl/α,β-unsaturated/α-hetero) is 1. The molecule has 1 aliphatic rings. The maximum absolute atomic E-state index is 12.9. The topological polar surface area (TPSA) is 100 Å². The quantitative estimate of drug-likeness (QED) is 0.495. The lowest BCUT2D eigenvalue weighted by atomic mass is 10.0. The zero-order valence-electron chi connectivity index (χ0n) is 19.6. The number of aromatic nitrogens is 3. The molecule has 12 heteroatoms. The predicted octanol–water partition coefficient (Wildman–Crippen LogP) is 1.77. The number of amides is 2. The average molecular weight is 502 g/mol. The van der Waals surface area contributed by atoms with Gasteiger partial charge in [0.2, 0.25) is 11.8 Å². The van der Waals surface area contributed by atoms with Gasteiger partial charge in [0, 0.05) is 51.2 Å². The van der Waals surface area contributed by atoms with Crippen molar-refractivity contribution in [2.45, 2.75) is 19.1 Å². The number of carbonyl (C=O) groups excluding carboxylic acids is 3. The number of benzene rings is 1. The summed E-state index contributed by atoms with van der Waals surface area (Å²) in [5.74, 6) is -0.683. The van der Waals surface area contributed by atoms with E-state index in [9.17, 15) is 27.6 Å². The zero-order valence-corrected chi connectivity index (χ0v) is 19.6. The molecule has 0 radical (unpaired) electrons. The maximum atomic E-state index is 12.9. The van der Waals surface area contributed by atoms with E-state index < -0.39 is 17.7 Å². The second-order valence-corrected chi connectivity index (χ2v) is 8.56. The molecule has 9 nitrogen and oxygen atoms in total. The van der Waals surface area contributed by atoms with Crippen LogP contribution in [-0.4, -0.2) is 81.9 Å². The first kappa shape index (κ1) is 25.3. The normalized spacial score (nSPS) is 14.7.